The topological polar surface area (TPSA) is 49.6 Å². The summed E-state index contributed by atoms with van der Waals surface area (Å²) in [5, 5.41) is 0. The van der Waals surface area contributed by atoms with Crippen molar-refractivity contribution in [2.24, 2.45) is 11.1 Å². The van der Waals surface area contributed by atoms with E-state index < -0.39 is 12.7 Å². The minimum absolute atomic E-state index is 0.0613. The molecular weight excluding hydrogens is 307 g/mol. The second-order valence-electron chi connectivity index (χ2n) is 7.07. The SMILES string of the molecule is NCC1(CC(=O)N2CCCN(CC(F)(F)F)CC2)CCCCC1. The molecule has 0 aromatic rings. The van der Waals surface area contributed by atoms with Crippen LogP contribution in [-0.4, -0.2) is 61.2 Å². The number of rotatable bonds is 4. The summed E-state index contributed by atoms with van der Waals surface area (Å²) in [7, 11) is 0. The maximum atomic E-state index is 12.6. The van der Waals surface area contributed by atoms with Gasteiger partial charge in [-0.2, -0.15) is 13.2 Å². The lowest BCUT2D eigenvalue weighted by atomic mass is 9.71. The fourth-order valence-corrected chi connectivity index (χ4v) is 3.82. The van der Waals surface area contributed by atoms with Crippen LogP contribution in [0.25, 0.3) is 0 Å². The zero-order valence-electron chi connectivity index (χ0n) is 13.7. The lowest BCUT2D eigenvalue weighted by Gasteiger charge is -2.37. The molecule has 23 heavy (non-hydrogen) atoms. The summed E-state index contributed by atoms with van der Waals surface area (Å²) in [5.74, 6) is 0.0613. The molecule has 2 N–H and O–H groups in total. The molecule has 1 aliphatic carbocycles. The van der Waals surface area contributed by atoms with Crippen molar-refractivity contribution < 1.29 is 18.0 Å². The molecule has 1 saturated carbocycles. The first kappa shape index (κ1) is 18.5. The van der Waals surface area contributed by atoms with Crippen molar-refractivity contribution in [1.82, 2.24) is 9.80 Å². The Morgan fingerprint density at radius 1 is 1.00 bits per heavy atom. The highest BCUT2D eigenvalue weighted by atomic mass is 19.4. The van der Waals surface area contributed by atoms with Crippen LogP contribution in [0.3, 0.4) is 0 Å². The lowest BCUT2D eigenvalue weighted by Crippen LogP contribution is -2.42. The van der Waals surface area contributed by atoms with E-state index in [9.17, 15) is 18.0 Å². The number of nitrogens with two attached hydrogens (primary N) is 1. The van der Waals surface area contributed by atoms with Crippen molar-refractivity contribution in [2.45, 2.75) is 51.1 Å². The van der Waals surface area contributed by atoms with E-state index in [1.165, 1.54) is 11.3 Å². The minimum Gasteiger partial charge on any atom is -0.341 e. The Bertz CT molecular complexity index is 395. The third-order valence-corrected chi connectivity index (χ3v) is 5.22. The molecule has 2 rings (SSSR count). The summed E-state index contributed by atoms with van der Waals surface area (Å²) in [6.07, 6.45) is 2.28. The molecule has 2 fully saturated rings. The Kier molecular flexibility index (Phi) is 6.31. The van der Waals surface area contributed by atoms with Crippen LogP contribution in [-0.2, 0) is 4.79 Å². The molecule has 0 aromatic carbocycles. The van der Waals surface area contributed by atoms with Crippen LogP contribution in [0.4, 0.5) is 13.2 Å². The van der Waals surface area contributed by atoms with Gasteiger partial charge in [-0.05, 0) is 31.2 Å². The van der Waals surface area contributed by atoms with Crippen molar-refractivity contribution in [1.29, 1.82) is 0 Å². The zero-order valence-corrected chi connectivity index (χ0v) is 13.7. The second kappa shape index (κ2) is 7.83. The molecule has 7 heteroatoms. The van der Waals surface area contributed by atoms with Gasteiger partial charge in [-0.25, -0.2) is 0 Å². The average molecular weight is 335 g/mol. The van der Waals surface area contributed by atoms with E-state index in [2.05, 4.69) is 0 Å². The highest BCUT2D eigenvalue weighted by molar-refractivity contribution is 5.77. The van der Waals surface area contributed by atoms with Crippen molar-refractivity contribution in [3.05, 3.63) is 0 Å². The summed E-state index contributed by atoms with van der Waals surface area (Å²) in [5.41, 5.74) is 5.84. The van der Waals surface area contributed by atoms with Gasteiger partial charge in [0.15, 0.2) is 0 Å². The van der Waals surface area contributed by atoms with Gasteiger partial charge >= 0.3 is 6.18 Å². The van der Waals surface area contributed by atoms with Gasteiger partial charge in [-0.3, -0.25) is 9.69 Å². The molecule has 2 aliphatic rings. The van der Waals surface area contributed by atoms with E-state index in [4.69, 9.17) is 5.73 Å². The molecule has 1 amide bonds. The molecule has 134 valence electrons. The molecule has 0 unspecified atom stereocenters. The van der Waals surface area contributed by atoms with Crippen molar-refractivity contribution in [3.8, 4) is 0 Å². The van der Waals surface area contributed by atoms with E-state index in [1.54, 1.807) is 4.90 Å². The Morgan fingerprint density at radius 2 is 1.70 bits per heavy atom. The third kappa shape index (κ3) is 5.64. The summed E-state index contributed by atoms with van der Waals surface area (Å²) >= 11 is 0. The van der Waals surface area contributed by atoms with Gasteiger partial charge in [-0.1, -0.05) is 19.3 Å². The number of amides is 1. The summed E-state index contributed by atoms with van der Waals surface area (Å²) in [6.45, 7) is 1.25. The number of carbonyl (C=O) groups excluding carboxylic acids is 1. The lowest BCUT2D eigenvalue weighted by molar-refractivity contribution is -0.145. The number of nitrogens with zero attached hydrogens (tertiary/aromatic N) is 2. The van der Waals surface area contributed by atoms with Crippen LogP contribution in [0.1, 0.15) is 44.9 Å². The van der Waals surface area contributed by atoms with Gasteiger partial charge in [0.1, 0.15) is 0 Å². The van der Waals surface area contributed by atoms with Gasteiger partial charge in [0.05, 0.1) is 6.54 Å². The fourth-order valence-electron chi connectivity index (χ4n) is 3.82. The van der Waals surface area contributed by atoms with E-state index in [0.717, 1.165) is 25.7 Å². The van der Waals surface area contributed by atoms with Crippen LogP contribution in [0.15, 0.2) is 0 Å². The summed E-state index contributed by atoms with van der Waals surface area (Å²) in [6, 6.07) is 0. The largest absolute Gasteiger partial charge is 0.401 e. The van der Waals surface area contributed by atoms with Crippen molar-refractivity contribution in [2.75, 3.05) is 39.3 Å². The van der Waals surface area contributed by atoms with Gasteiger partial charge < -0.3 is 10.6 Å². The minimum atomic E-state index is -4.18. The van der Waals surface area contributed by atoms with Gasteiger partial charge in [-0.15, -0.1) is 0 Å². The second-order valence-corrected chi connectivity index (χ2v) is 7.07. The third-order valence-electron chi connectivity index (χ3n) is 5.22. The molecule has 0 atom stereocenters. The fraction of sp³-hybridized carbons (Fsp3) is 0.938. The van der Waals surface area contributed by atoms with Crippen LogP contribution in [0.5, 0.6) is 0 Å². The van der Waals surface area contributed by atoms with Gasteiger partial charge in [0.2, 0.25) is 5.91 Å². The quantitative estimate of drug-likeness (QED) is 0.858. The van der Waals surface area contributed by atoms with Crippen LogP contribution < -0.4 is 5.73 Å². The Labute approximate surface area is 136 Å². The number of hydrogen-bond acceptors (Lipinski definition) is 3. The highest BCUT2D eigenvalue weighted by Crippen LogP contribution is 2.38. The number of alkyl halides is 3. The molecule has 0 bridgehead atoms. The van der Waals surface area contributed by atoms with Crippen LogP contribution in [0, 0.1) is 5.41 Å². The Morgan fingerprint density at radius 3 is 2.30 bits per heavy atom. The van der Waals surface area contributed by atoms with E-state index in [1.807, 2.05) is 0 Å². The van der Waals surface area contributed by atoms with Crippen LogP contribution in [0.2, 0.25) is 0 Å². The first-order valence-corrected chi connectivity index (χ1v) is 8.61. The normalized spacial score (nSPS) is 23.6. The molecule has 0 radical (unpaired) electrons. The van der Waals surface area contributed by atoms with E-state index >= 15 is 0 Å². The maximum Gasteiger partial charge on any atom is 0.401 e. The van der Waals surface area contributed by atoms with E-state index in [-0.39, 0.29) is 11.3 Å². The molecule has 1 aliphatic heterocycles. The Balaban J connectivity index is 1.87. The molecule has 0 spiro atoms. The summed E-state index contributed by atoms with van der Waals surface area (Å²) < 4.78 is 37.5. The van der Waals surface area contributed by atoms with Gasteiger partial charge in [0.25, 0.3) is 0 Å². The average Bonchev–Trinajstić information content (AvgIpc) is 2.72. The highest BCUT2D eigenvalue weighted by Gasteiger charge is 2.35. The molecular formula is C16H28F3N3O. The van der Waals surface area contributed by atoms with E-state index in [0.29, 0.717) is 45.6 Å². The maximum absolute atomic E-state index is 12.6. The Hall–Kier alpha value is -0.820. The predicted octanol–water partition coefficient (Wildman–Crippen LogP) is 2.38. The first-order chi connectivity index (χ1) is 10.8. The van der Waals surface area contributed by atoms with Gasteiger partial charge in [0, 0.05) is 32.6 Å². The van der Waals surface area contributed by atoms with Crippen LogP contribution >= 0.6 is 0 Å². The summed E-state index contributed by atoms with van der Waals surface area (Å²) in [4.78, 5) is 15.7. The first-order valence-electron chi connectivity index (χ1n) is 8.61. The predicted molar refractivity (Wildman–Crippen MR) is 82.9 cm³/mol. The molecule has 0 aromatic heterocycles. The molecule has 1 heterocycles. The molecule has 4 nitrogen and oxygen atoms in total. The number of carbonyl (C=O) groups is 1. The standard InChI is InChI=1S/C16H28F3N3O/c17-16(18,19)13-21-7-4-8-22(10-9-21)14(23)11-15(12-20)5-2-1-3-6-15/h1-13,20H2. The van der Waals surface area contributed by atoms with Crippen molar-refractivity contribution >= 4 is 5.91 Å². The molecule has 1 saturated heterocycles. The number of hydrogen-bond donors (Lipinski definition) is 1. The van der Waals surface area contributed by atoms with Crippen molar-refractivity contribution in [3.63, 3.8) is 0 Å². The smallest absolute Gasteiger partial charge is 0.341 e. The monoisotopic (exact) mass is 335 g/mol. The number of halogens is 3. The zero-order chi connectivity index (χ0) is 16.9.